The monoisotopic (exact) mass is 598 g/mol. The lowest BCUT2D eigenvalue weighted by atomic mass is 9.74. The van der Waals surface area contributed by atoms with Crippen LogP contribution in [0, 0.1) is 17.3 Å². The molecule has 3 aliphatic heterocycles. The van der Waals surface area contributed by atoms with Crippen LogP contribution in [0.3, 0.4) is 0 Å². The summed E-state index contributed by atoms with van der Waals surface area (Å²) in [6.45, 7) is 16.6. The topological polar surface area (TPSA) is 113 Å². The first-order valence-electron chi connectivity index (χ1n) is 15.7. The van der Waals surface area contributed by atoms with Crippen LogP contribution >= 0.6 is 0 Å². The van der Waals surface area contributed by atoms with Crippen molar-refractivity contribution in [2.75, 3.05) is 74.1 Å². The van der Waals surface area contributed by atoms with Gasteiger partial charge in [0.15, 0.2) is 12.1 Å². The summed E-state index contributed by atoms with van der Waals surface area (Å²) in [5, 5.41) is 14.9. The predicted molar refractivity (Wildman–Crippen MR) is 161 cm³/mol. The average molecular weight is 599 g/mol. The van der Waals surface area contributed by atoms with E-state index in [1.807, 2.05) is 32.8 Å². The lowest BCUT2D eigenvalue weighted by molar-refractivity contribution is -0.295. The third-order valence-corrected chi connectivity index (χ3v) is 9.62. The highest BCUT2D eigenvalue weighted by atomic mass is 16.7. The molecule has 11 heteroatoms. The lowest BCUT2D eigenvalue weighted by Crippen LogP contribution is -2.59. The molecule has 3 rings (SSSR count). The molecule has 0 aromatic heterocycles. The van der Waals surface area contributed by atoms with Crippen molar-refractivity contribution >= 4 is 11.8 Å². The van der Waals surface area contributed by atoms with Crippen LogP contribution in [-0.4, -0.2) is 148 Å². The van der Waals surface area contributed by atoms with Crippen LogP contribution in [0.4, 0.5) is 0 Å². The number of aliphatic hydroxyl groups excluding tert-OH is 1. The van der Waals surface area contributed by atoms with Gasteiger partial charge in [0.1, 0.15) is 18.1 Å². The highest BCUT2D eigenvalue weighted by molar-refractivity contribution is 6.04. The Morgan fingerprint density at radius 3 is 2.33 bits per heavy atom. The van der Waals surface area contributed by atoms with E-state index in [-0.39, 0.29) is 36.5 Å². The van der Waals surface area contributed by atoms with Gasteiger partial charge in [-0.1, -0.05) is 13.8 Å². The van der Waals surface area contributed by atoms with Gasteiger partial charge in [-0.3, -0.25) is 14.5 Å². The summed E-state index contributed by atoms with van der Waals surface area (Å²) < 4.78 is 24.7. The first kappa shape index (κ1) is 35.3. The fourth-order valence-electron chi connectivity index (χ4n) is 6.72. The molecule has 42 heavy (non-hydrogen) atoms. The number of rotatable bonds is 6. The number of hydrogen-bond donors (Lipinski definition) is 2. The Morgan fingerprint density at radius 2 is 1.74 bits per heavy atom. The summed E-state index contributed by atoms with van der Waals surface area (Å²) in [7, 11) is 7.61. The van der Waals surface area contributed by atoms with Gasteiger partial charge in [-0.15, -0.1) is 0 Å². The second kappa shape index (κ2) is 14.7. The molecule has 0 amide bonds. The van der Waals surface area contributed by atoms with Gasteiger partial charge < -0.3 is 39.2 Å². The van der Waals surface area contributed by atoms with E-state index in [0.29, 0.717) is 19.4 Å². The lowest BCUT2D eigenvalue weighted by Gasteiger charge is -2.47. The number of methoxy groups -OCH3 is 1. The Kier molecular flexibility index (Phi) is 12.4. The van der Waals surface area contributed by atoms with Crippen LogP contribution < -0.4 is 5.32 Å². The normalized spacial score (nSPS) is 40.2. The number of hydrogen-bond acceptors (Lipinski definition) is 11. The second-order valence-corrected chi connectivity index (χ2v) is 14.0. The Hall–Kier alpha value is -1.18. The molecule has 244 valence electrons. The van der Waals surface area contributed by atoms with Gasteiger partial charge in [-0.05, 0) is 74.1 Å². The number of piperazine rings is 1. The van der Waals surface area contributed by atoms with Crippen LogP contribution in [0.25, 0.3) is 0 Å². The number of carbonyl (C=O) groups is 2. The van der Waals surface area contributed by atoms with E-state index < -0.39 is 41.4 Å². The maximum absolute atomic E-state index is 14.1. The molecule has 0 bridgehead atoms. The number of cyclic esters (lactones) is 1. The first-order valence-corrected chi connectivity index (χ1v) is 15.7. The average Bonchev–Trinajstić information content (AvgIpc) is 2.94. The molecule has 3 heterocycles. The number of likely N-dealkylation sites (N-methyl/N-ethyl adjacent to an activating group) is 2. The first-order chi connectivity index (χ1) is 19.6. The van der Waals surface area contributed by atoms with Crippen LogP contribution in [0.1, 0.15) is 54.4 Å². The molecule has 0 radical (unpaired) electrons. The van der Waals surface area contributed by atoms with E-state index >= 15 is 0 Å². The Labute approximate surface area is 253 Å². The maximum Gasteiger partial charge on any atom is 0.319 e. The van der Waals surface area contributed by atoms with Crippen molar-refractivity contribution in [1.29, 1.82) is 0 Å². The third kappa shape index (κ3) is 8.50. The SMILES string of the molecule is CO[C@]1(C)C[C@@H](C)CN[C@@H](CN2CCN(C)CC2)COC(=O)C(C)(C)C(=O)[C@H](C)[C@H]1O[C@@H]1O[C@H](C)C[C@H](N(C)C)[C@H]1O. The minimum Gasteiger partial charge on any atom is -0.463 e. The summed E-state index contributed by atoms with van der Waals surface area (Å²) in [6.07, 6.45) is -1.57. The summed E-state index contributed by atoms with van der Waals surface area (Å²) >= 11 is 0. The quantitative estimate of drug-likeness (QED) is 0.340. The van der Waals surface area contributed by atoms with Crippen molar-refractivity contribution in [2.45, 2.75) is 96.7 Å². The number of ketones is 1. The zero-order valence-electron chi connectivity index (χ0n) is 27.7. The molecular formula is C31H58N4O7. The molecule has 0 aromatic rings. The van der Waals surface area contributed by atoms with E-state index in [1.165, 1.54) is 0 Å². The highest BCUT2D eigenvalue weighted by Crippen LogP contribution is 2.38. The van der Waals surface area contributed by atoms with Gasteiger partial charge >= 0.3 is 5.97 Å². The molecule has 0 unspecified atom stereocenters. The molecule has 0 saturated carbocycles. The maximum atomic E-state index is 14.1. The molecule has 2 N–H and O–H groups in total. The molecule has 3 aliphatic rings. The molecule has 0 spiro atoms. The fraction of sp³-hybridized carbons (Fsp3) is 0.935. The number of aliphatic hydroxyl groups is 1. The van der Waals surface area contributed by atoms with Crippen LogP contribution in [0.5, 0.6) is 0 Å². The molecular weight excluding hydrogens is 540 g/mol. The number of ether oxygens (including phenoxy) is 4. The van der Waals surface area contributed by atoms with Gasteiger partial charge in [-0.2, -0.15) is 0 Å². The predicted octanol–water partition coefficient (Wildman–Crippen LogP) is 1.22. The number of esters is 1. The van der Waals surface area contributed by atoms with Crippen LogP contribution in [0.2, 0.25) is 0 Å². The third-order valence-electron chi connectivity index (χ3n) is 9.62. The Bertz CT molecular complexity index is 897. The molecule has 3 saturated heterocycles. The smallest absolute Gasteiger partial charge is 0.319 e. The summed E-state index contributed by atoms with van der Waals surface area (Å²) in [5.41, 5.74) is -2.31. The minimum absolute atomic E-state index is 0.0695. The van der Waals surface area contributed by atoms with Crippen molar-refractivity contribution in [3.63, 3.8) is 0 Å². The Morgan fingerprint density at radius 1 is 1.10 bits per heavy atom. The Balaban J connectivity index is 1.90. The van der Waals surface area contributed by atoms with E-state index in [9.17, 15) is 14.7 Å². The van der Waals surface area contributed by atoms with E-state index in [1.54, 1.807) is 27.9 Å². The van der Waals surface area contributed by atoms with Gasteiger partial charge in [0.2, 0.25) is 0 Å². The van der Waals surface area contributed by atoms with Crippen molar-refractivity contribution in [3.05, 3.63) is 0 Å². The standard InChI is InChI=1S/C31H58N4O7/c1-20-16-31(6,39-10)27(42-28-25(36)24(33(7)8)15-21(2)41-28)22(3)26(37)30(4,5)29(38)40-19-23(32-17-20)18-35-13-11-34(9)12-14-35/h20-25,27-28,32,36H,11-19H2,1-10H3/t20-,21-,22+,23+,24+,25-,27-,28+,31-/m1/s1. The largest absolute Gasteiger partial charge is 0.463 e. The van der Waals surface area contributed by atoms with Gasteiger partial charge in [-0.25, -0.2) is 0 Å². The van der Waals surface area contributed by atoms with E-state index in [2.05, 4.69) is 29.1 Å². The van der Waals surface area contributed by atoms with E-state index in [4.69, 9.17) is 18.9 Å². The van der Waals surface area contributed by atoms with Crippen molar-refractivity contribution in [3.8, 4) is 0 Å². The van der Waals surface area contributed by atoms with Crippen molar-refractivity contribution in [2.24, 2.45) is 17.3 Å². The van der Waals surface area contributed by atoms with Crippen molar-refractivity contribution in [1.82, 2.24) is 20.0 Å². The van der Waals surface area contributed by atoms with E-state index in [0.717, 1.165) is 32.7 Å². The minimum atomic E-state index is -1.40. The van der Waals surface area contributed by atoms with Crippen LogP contribution in [0.15, 0.2) is 0 Å². The molecule has 11 nitrogen and oxygen atoms in total. The zero-order valence-corrected chi connectivity index (χ0v) is 27.7. The zero-order chi connectivity index (χ0) is 31.4. The number of Topliss-reactive ketones (excluding diaryl/α,β-unsaturated/α-hetero) is 1. The summed E-state index contributed by atoms with van der Waals surface area (Å²) in [5.74, 6) is -1.44. The van der Waals surface area contributed by atoms with Gasteiger partial charge in [0.05, 0.1) is 23.9 Å². The molecule has 9 atom stereocenters. The number of nitrogens with one attached hydrogen (secondary N) is 1. The summed E-state index contributed by atoms with van der Waals surface area (Å²) in [6, 6.07) is -0.236. The number of nitrogens with zero attached hydrogens (tertiary/aromatic N) is 3. The van der Waals surface area contributed by atoms with Crippen molar-refractivity contribution < 1.29 is 33.6 Å². The molecule has 0 aliphatic carbocycles. The molecule has 3 fully saturated rings. The van der Waals surface area contributed by atoms with Gasteiger partial charge in [0, 0.05) is 51.8 Å². The van der Waals surface area contributed by atoms with Gasteiger partial charge in [0.25, 0.3) is 0 Å². The molecule has 0 aromatic carbocycles. The number of carbonyl (C=O) groups excluding carboxylic acids is 2. The van der Waals surface area contributed by atoms with Crippen LogP contribution in [-0.2, 0) is 28.5 Å². The fourth-order valence-corrected chi connectivity index (χ4v) is 6.72. The summed E-state index contributed by atoms with van der Waals surface area (Å²) in [4.78, 5) is 34.2. The second-order valence-electron chi connectivity index (χ2n) is 14.0. The highest BCUT2D eigenvalue weighted by Gasteiger charge is 2.51.